The molecule has 1 rings (SSSR count). The molecule has 0 spiro atoms. The van der Waals surface area contributed by atoms with E-state index in [4.69, 9.17) is 5.41 Å². The molecule has 0 bridgehead atoms. The van der Waals surface area contributed by atoms with Crippen molar-refractivity contribution in [2.45, 2.75) is 0 Å². The number of nitrogens with zero attached hydrogens (tertiary/aromatic N) is 1. The molecule has 0 saturated heterocycles. The highest BCUT2D eigenvalue weighted by molar-refractivity contribution is 6.25. The first kappa shape index (κ1) is 6.43. The Morgan fingerprint density at radius 1 is 1.86 bits per heavy atom. The minimum absolute atomic E-state index is 0. The van der Waals surface area contributed by atoms with Crippen LogP contribution in [0.3, 0.4) is 0 Å². The van der Waals surface area contributed by atoms with Crippen molar-refractivity contribution in [1.82, 2.24) is 0 Å². The average molecular weight is 121 g/mol. The Morgan fingerprint density at radius 2 is 2.57 bits per heavy atom. The summed E-state index contributed by atoms with van der Waals surface area (Å²) in [7, 11) is 0. The zero-order valence-electron chi connectivity index (χ0n) is 3.55. The van der Waals surface area contributed by atoms with Crippen molar-refractivity contribution in [2.24, 2.45) is 4.99 Å². The van der Waals surface area contributed by atoms with E-state index in [-0.39, 0.29) is 18.3 Å². The van der Waals surface area contributed by atoms with Gasteiger partial charge in [0.25, 0.3) is 0 Å². The molecule has 0 aromatic heterocycles. The molecule has 1 heterocycles. The van der Waals surface area contributed by atoms with Crippen molar-refractivity contribution in [1.29, 1.82) is 5.41 Å². The third kappa shape index (κ3) is 1.55. The molecule has 0 fully saturated rings. The molecular formula is C3H5ClN2O. The van der Waals surface area contributed by atoms with Crippen LogP contribution in [0.2, 0.25) is 0 Å². The summed E-state index contributed by atoms with van der Waals surface area (Å²) in [5, 5.41) is 6.68. The zero-order chi connectivity index (χ0) is 4.41. The van der Waals surface area contributed by atoms with Crippen LogP contribution in [0.5, 0.6) is 0 Å². The Morgan fingerprint density at radius 3 is 2.71 bits per heavy atom. The largest absolute Gasteiger partial charge is 0.454 e. The van der Waals surface area contributed by atoms with E-state index >= 15 is 0 Å². The predicted octanol–water partition coefficient (Wildman–Crippen LogP) is 0.444. The standard InChI is InChI=1S/C3H4N2O.ClH/c4-3-1-5-2-6-3;/h1,4H,2H2;1H. The number of rotatable bonds is 0. The Bertz CT molecular complexity index is 101. The van der Waals surface area contributed by atoms with Gasteiger partial charge in [-0.15, -0.1) is 12.4 Å². The smallest absolute Gasteiger partial charge is 0.226 e. The lowest BCUT2D eigenvalue weighted by Crippen LogP contribution is -1.92. The van der Waals surface area contributed by atoms with Crippen molar-refractivity contribution < 1.29 is 4.74 Å². The predicted molar refractivity (Wildman–Crippen MR) is 29.4 cm³/mol. The first-order valence-electron chi connectivity index (χ1n) is 1.61. The van der Waals surface area contributed by atoms with Crippen molar-refractivity contribution >= 4 is 24.5 Å². The number of hydrogen-bond acceptors (Lipinski definition) is 3. The van der Waals surface area contributed by atoms with Gasteiger partial charge in [0, 0.05) is 0 Å². The van der Waals surface area contributed by atoms with Gasteiger partial charge in [0.1, 0.15) is 0 Å². The van der Waals surface area contributed by atoms with Crippen LogP contribution >= 0.6 is 12.4 Å². The van der Waals surface area contributed by atoms with Gasteiger partial charge in [0.05, 0.1) is 6.21 Å². The van der Waals surface area contributed by atoms with Gasteiger partial charge in [-0.05, 0) is 0 Å². The first-order chi connectivity index (χ1) is 2.89. The summed E-state index contributed by atoms with van der Waals surface area (Å²) in [5.41, 5.74) is 0. The van der Waals surface area contributed by atoms with E-state index in [0.717, 1.165) is 0 Å². The zero-order valence-corrected chi connectivity index (χ0v) is 4.36. The molecule has 7 heavy (non-hydrogen) atoms. The van der Waals surface area contributed by atoms with Crippen LogP contribution in [0.4, 0.5) is 0 Å². The quantitative estimate of drug-likeness (QED) is 0.496. The molecule has 40 valence electrons. The van der Waals surface area contributed by atoms with E-state index in [1.807, 2.05) is 0 Å². The Hall–Kier alpha value is -0.570. The number of hydrogen-bond donors (Lipinski definition) is 1. The molecular weight excluding hydrogens is 115 g/mol. The summed E-state index contributed by atoms with van der Waals surface area (Å²) < 4.78 is 4.51. The summed E-state index contributed by atoms with van der Waals surface area (Å²) in [6, 6.07) is 0. The molecule has 0 aromatic carbocycles. The summed E-state index contributed by atoms with van der Waals surface area (Å²) >= 11 is 0. The molecule has 0 aromatic rings. The monoisotopic (exact) mass is 120 g/mol. The average Bonchev–Trinajstić information content (AvgIpc) is 1.86. The highest BCUT2D eigenvalue weighted by Crippen LogP contribution is 1.83. The molecule has 0 amide bonds. The fourth-order valence-corrected chi connectivity index (χ4v) is 0.264. The van der Waals surface area contributed by atoms with Crippen LogP contribution in [-0.4, -0.2) is 18.8 Å². The molecule has 4 heteroatoms. The molecule has 1 aliphatic rings. The molecule has 0 aliphatic carbocycles. The molecule has 0 radical (unpaired) electrons. The molecule has 0 saturated carbocycles. The van der Waals surface area contributed by atoms with Crippen LogP contribution < -0.4 is 0 Å². The number of ether oxygens (including phenoxy) is 1. The van der Waals surface area contributed by atoms with Gasteiger partial charge in [-0.25, -0.2) is 4.99 Å². The highest BCUT2D eigenvalue weighted by atomic mass is 35.5. The van der Waals surface area contributed by atoms with Crippen molar-refractivity contribution in [3.05, 3.63) is 0 Å². The summed E-state index contributed by atoms with van der Waals surface area (Å²) in [6.07, 6.45) is 1.39. The first-order valence-corrected chi connectivity index (χ1v) is 1.61. The lowest BCUT2D eigenvalue weighted by molar-refractivity contribution is 0.337. The van der Waals surface area contributed by atoms with E-state index in [1.165, 1.54) is 6.21 Å². The van der Waals surface area contributed by atoms with Crippen LogP contribution in [-0.2, 0) is 4.74 Å². The normalized spacial score (nSPS) is 15.7. The van der Waals surface area contributed by atoms with Gasteiger partial charge in [-0.3, -0.25) is 5.41 Å². The lowest BCUT2D eigenvalue weighted by Gasteiger charge is -1.83. The van der Waals surface area contributed by atoms with Gasteiger partial charge >= 0.3 is 0 Å². The SMILES string of the molecule is Cl.N=C1C=NCO1. The van der Waals surface area contributed by atoms with Gasteiger partial charge < -0.3 is 4.74 Å². The second-order valence-electron chi connectivity index (χ2n) is 0.949. The highest BCUT2D eigenvalue weighted by Gasteiger charge is 1.95. The van der Waals surface area contributed by atoms with E-state index in [0.29, 0.717) is 6.73 Å². The van der Waals surface area contributed by atoms with E-state index < -0.39 is 0 Å². The van der Waals surface area contributed by atoms with E-state index in [1.54, 1.807) is 0 Å². The van der Waals surface area contributed by atoms with Crippen LogP contribution in [0, 0.1) is 5.41 Å². The Labute approximate surface area is 47.3 Å². The lowest BCUT2D eigenvalue weighted by atomic mass is 10.8. The molecule has 1 aliphatic heterocycles. The maximum Gasteiger partial charge on any atom is 0.226 e. The third-order valence-corrected chi connectivity index (χ3v) is 0.503. The fraction of sp³-hybridized carbons (Fsp3) is 0.333. The van der Waals surface area contributed by atoms with Crippen molar-refractivity contribution in [2.75, 3.05) is 6.73 Å². The minimum Gasteiger partial charge on any atom is -0.454 e. The van der Waals surface area contributed by atoms with E-state index in [2.05, 4.69) is 9.73 Å². The summed E-state index contributed by atoms with van der Waals surface area (Å²) in [4.78, 5) is 3.59. The maximum absolute atomic E-state index is 6.68. The van der Waals surface area contributed by atoms with Crippen LogP contribution in [0.1, 0.15) is 0 Å². The van der Waals surface area contributed by atoms with Crippen molar-refractivity contribution in [3.8, 4) is 0 Å². The van der Waals surface area contributed by atoms with Crippen molar-refractivity contribution in [3.63, 3.8) is 0 Å². The minimum atomic E-state index is 0. The fourth-order valence-electron chi connectivity index (χ4n) is 0.264. The summed E-state index contributed by atoms with van der Waals surface area (Å²) in [6.45, 7) is 0.332. The third-order valence-electron chi connectivity index (χ3n) is 0.503. The van der Waals surface area contributed by atoms with Gasteiger partial charge in [0.15, 0.2) is 6.73 Å². The van der Waals surface area contributed by atoms with Gasteiger partial charge in [0.2, 0.25) is 5.90 Å². The molecule has 1 N–H and O–H groups in total. The second kappa shape index (κ2) is 2.58. The Kier molecular flexibility index (Phi) is 2.37. The molecule has 3 nitrogen and oxygen atoms in total. The maximum atomic E-state index is 6.68. The van der Waals surface area contributed by atoms with Gasteiger partial charge in [-0.2, -0.15) is 0 Å². The second-order valence-corrected chi connectivity index (χ2v) is 0.949. The number of halogens is 1. The van der Waals surface area contributed by atoms with E-state index in [9.17, 15) is 0 Å². The van der Waals surface area contributed by atoms with Crippen LogP contribution in [0.15, 0.2) is 4.99 Å². The molecule has 0 unspecified atom stereocenters. The van der Waals surface area contributed by atoms with Gasteiger partial charge in [-0.1, -0.05) is 0 Å². The Balaban J connectivity index is 0.000000360. The molecule has 0 atom stereocenters. The number of aliphatic imine (C=N–C) groups is 1. The summed E-state index contributed by atoms with van der Waals surface area (Å²) in [5.74, 6) is 0.162. The topological polar surface area (TPSA) is 45.4 Å². The number of nitrogens with one attached hydrogen (secondary N) is 1. The van der Waals surface area contributed by atoms with Crippen LogP contribution in [0.25, 0.3) is 0 Å².